The summed E-state index contributed by atoms with van der Waals surface area (Å²) in [5.41, 5.74) is 0. The fourth-order valence-corrected chi connectivity index (χ4v) is 3.93. The van der Waals surface area contributed by atoms with Crippen molar-refractivity contribution in [3.8, 4) is 0 Å². The molecule has 1 fully saturated rings. The summed E-state index contributed by atoms with van der Waals surface area (Å²) < 4.78 is 25.5. The molecule has 138 valence electrons. The number of halogens is 1. The number of aliphatic imine (C=N–C) groups is 1. The van der Waals surface area contributed by atoms with E-state index in [4.69, 9.17) is 0 Å². The van der Waals surface area contributed by atoms with Crippen LogP contribution in [0, 0.1) is 0 Å². The molecular weight excluding hydrogens is 443 g/mol. The number of aryl methyl sites for hydroxylation is 1. The summed E-state index contributed by atoms with van der Waals surface area (Å²) in [5.74, 6) is 1.67. The van der Waals surface area contributed by atoms with E-state index < -0.39 is 14.6 Å². The van der Waals surface area contributed by atoms with E-state index in [-0.39, 0.29) is 29.7 Å². The SMILES string of the molecule is CCNC(=NCc1nncn1CC)N1CCS(=O)(=O)C(C)(C)C1.I. The van der Waals surface area contributed by atoms with Crippen molar-refractivity contribution in [2.24, 2.45) is 4.99 Å². The van der Waals surface area contributed by atoms with Crippen LogP contribution in [-0.2, 0) is 22.9 Å². The molecule has 0 radical (unpaired) electrons. The van der Waals surface area contributed by atoms with Gasteiger partial charge < -0.3 is 14.8 Å². The van der Waals surface area contributed by atoms with E-state index in [1.54, 1.807) is 20.2 Å². The lowest BCUT2D eigenvalue weighted by molar-refractivity contribution is 0.353. The maximum atomic E-state index is 12.1. The van der Waals surface area contributed by atoms with Crippen molar-refractivity contribution < 1.29 is 8.42 Å². The first-order valence-corrected chi connectivity index (χ1v) is 9.58. The van der Waals surface area contributed by atoms with Crippen LogP contribution >= 0.6 is 24.0 Å². The maximum absolute atomic E-state index is 12.1. The molecule has 1 aliphatic heterocycles. The Morgan fingerprint density at radius 1 is 1.42 bits per heavy atom. The largest absolute Gasteiger partial charge is 0.357 e. The second kappa shape index (κ2) is 8.45. The van der Waals surface area contributed by atoms with Crippen LogP contribution in [0.15, 0.2) is 11.3 Å². The molecule has 1 aliphatic rings. The molecule has 0 aliphatic carbocycles. The van der Waals surface area contributed by atoms with Crippen LogP contribution in [0.25, 0.3) is 0 Å². The highest BCUT2D eigenvalue weighted by molar-refractivity contribution is 14.0. The quantitative estimate of drug-likeness (QED) is 0.399. The predicted octanol–water partition coefficient (Wildman–Crippen LogP) is 0.890. The van der Waals surface area contributed by atoms with E-state index in [1.807, 2.05) is 23.3 Å². The summed E-state index contributed by atoms with van der Waals surface area (Å²) in [6.07, 6.45) is 1.69. The van der Waals surface area contributed by atoms with Crippen LogP contribution in [0.3, 0.4) is 0 Å². The lowest BCUT2D eigenvalue weighted by Crippen LogP contribution is -2.57. The second-order valence-electron chi connectivity index (χ2n) is 6.20. The van der Waals surface area contributed by atoms with Crippen LogP contribution in [-0.4, -0.2) is 64.2 Å². The number of rotatable bonds is 4. The molecule has 1 aromatic heterocycles. The Kier molecular flexibility index (Phi) is 7.44. The number of hydrogen-bond donors (Lipinski definition) is 1. The minimum Gasteiger partial charge on any atom is -0.357 e. The van der Waals surface area contributed by atoms with Crippen LogP contribution in [0.4, 0.5) is 0 Å². The Bertz CT molecular complexity index is 671. The van der Waals surface area contributed by atoms with Gasteiger partial charge >= 0.3 is 0 Å². The molecule has 0 amide bonds. The smallest absolute Gasteiger partial charge is 0.194 e. The minimum absolute atomic E-state index is 0. The van der Waals surface area contributed by atoms with Gasteiger partial charge in [0, 0.05) is 26.2 Å². The van der Waals surface area contributed by atoms with E-state index in [0.29, 0.717) is 19.6 Å². The highest BCUT2D eigenvalue weighted by atomic mass is 127. The third-order valence-corrected chi connectivity index (χ3v) is 6.62. The zero-order chi connectivity index (χ0) is 17.1. The zero-order valence-electron chi connectivity index (χ0n) is 14.7. The van der Waals surface area contributed by atoms with Gasteiger partial charge in [-0.25, -0.2) is 13.4 Å². The van der Waals surface area contributed by atoms with Crippen LogP contribution < -0.4 is 5.32 Å². The Hall–Kier alpha value is -0.910. The average molecular weight is 470 g/mol. The fraction of sp³-hybridized carbons (Fsp3) is 0.786. The second-order valence-corrected chi connectivity index (χ2v) is 8.95. The Morgan fingerprint density at radius 2 is 2.12 bits per heavy atom. The summed E-state index contributed by atoms with van der Waals surface area (Å²) in [4.78, 5) is 6.63. The lowest BCUT2D eigenvalue weighted by atomic mass is 10.2. The van der Waals surface area contributed by atoms with Crippen molar-refractivity contribution >= 4 is 39.8 Å². The lowest BCUT2D eigenvalue weighted by Gasteiger charge is -2.39. The molecule has 0 bridgehead atoms. The molecule has 8 nitrogen and oxygen atoms in total. The first-order valence-electron chi connectivity index (χ1n) is 7.93. The van der Waals surface area contributed by atoms with Gasteiger partial charge in [0.25, 0.3) is 0 Å². The Morgan fingerprint density at radius 3 is 2.71 bits per heavy atom. The molecule has 0 aromatic carbocycles. The summed E-state index contributed by atoms with van der Waals surface area (Å²) >= 11 is 0. The van der Waals surface area contributed by atoms with Gasteiger partial charge in [0.15, 0.2) is 21.6 Å². The molecule has 1 N–H and O–H groups in total. The molecule has 1 saturated heterocycles. The zero-order valence-corrected chi connectivity index (χ0v) is 17.8. The summed E-state index contributed by atoms with van der Waals surface area (Å²) in [6, 6.07) is 0. The molecule has 0 atom stereocenters. The van der Waals surface area contributed by atoms with Crippen molar-refractivity contribution in [2.75, 3.05) is 25.4 Å². The van der Waals surface area contributed by atoms with Gasteiger partial charge in [0.1, 0.15) is 12.9 Å². The topological polar surface area (TPSA) is 92.5 Å². The van der Waals surface area contributed by atoms with Gasteiger partial charge in [-0.3, -0.25) is 0 Å². The van der Waals surface area contributed by atoms with Crippen LogP contribution in [0.2, 0.25) is 0 Å². The Balaban J connectivity index is 0.00000288. The van der Waals surface area contributed by atoms with Crippen molar-refractivity contribution in [3.05, 3.63) is 12.2 Å². The predicted molar refractivity (Wildman–Crippen MR) is 105 cm³/mol. The van der Waals surface area contributed by atoms with Gasteiger partial charge in [0.05, 0.1) is 10.5 Å². The van der Waals surface area contributed by atoms with Crippen LogP contribution in [0.1, 0.15) is 33.5 Å². The first-order chi connectivity index (χ1) is 10.8. The standard InChI is InChI=1S/C14H26N6O2S.HI/c1-5-15-13(16-9-12-18-17-11-19(12)6-2)20-7-8-23(21,22)14(3,4)10-20;/h11H,5-10H2,1-4H3,(H,15,16);1H. The highest BCUT2D eigenvalue weighted by Crippen LogP contribution is 2.23. The minimum atomic E-state index is -3.06. The number of guanidine groups is 1. The first kappa shape index (κ1) is 21.1. The van der Waals surface area contributed by atoms with Gasteiger partial charge in [-0.05, 0) is 27.7 Å². The summed E-state index contributed by atoms with van der Waals surface area (Å²) in [7, 11) is -3.06. The van der Waals surface area contributed by atoms with E-state index in [0.717, 1.165) is 24.9 Å². The Labute approximate surface area is 161 Å². The molecule has 1 aromatic rings. The van der Waals surface area contributed by atoms with Gasteiger partial charge in [-0.15, -0.1) is 34.2 Å². The van der Waals surface area contributed by atoms with Crippen molar-refractivity contribution in [3.63, 3.8) is 0 Å². The van der Waals surface area contributed by atoms with Crippen molar-refractivity contribution in [1.82, 2.24) is 25.0 Å². The van der Waals surface area contributed by atoms with E-state index in [1.165, 1.54) is 0 Å². The van der Waals surface area contributed by atoms with E-state index >= 15 is 0 Å². The van der Waals surface area contributed by atoms with E-state index in [2.05, 4.69) is 20.5 Å². The molecule has 0 unspecified atom stereocenters. The average Bonchev–Trinajstić information content (AvgIpc) is 2.94. The van der Waals surface area contributed by atoms with Gasteiger partial charge in [0.2, 0.25) is 0 Å². The molecular formula is C14H27IN6O2S. The van der Waals surface area contributed by atoms with E-state index in [9.17, 15) is 8.42 Å². The summed E-state index contributed by atoms with van der Waals surface area (Å²) in [5, 5.41) is 11.2. The number of nitrogens with zero attached hydrogens (tertiary/aromatic N) is 5. The number of hydrogen-bond acceptors (Lipinski definition) is 5. The summed E-state index contributed by atoms with van der Waals surface area (Å²) in [6.45, 7) is 10.4. The van der Waals surface area contributed by atoms with Crippen molar-refractivity contribution in [1.29, 1.82) is 0 Å². The number of sulfone groups is 1. The van der Waals surface area contributed by atoms with Crippen LogP contribution in [0.5, 0.6) is 0 Å². The monoisotopic (exact) mass is 470 g/mol. The number of nitrogens with one attached hydrogen (secondary N) is 1. The van der Waals surface area contributed by atoms with Crippen molar-refractivity contribution in [2.45, 2.75) is 45.5 Å². The number of aromatic nitrogens is 3. The third kappa shape index (κ3) is 4.58. The molecule has 2 heterocycles. The third-order valence-electron chi connectivity index (χ3n) is 4.08. The molecule has 10 heteroatoms. The molecule has 2 rings (SSSR count). The van der Waals surface area contributed by atoms with Gasteiger partial charge in [-0.1, -0.05) is 0 Å². The highest BCUT2D eigenvalue weighted by Gasteiger charge is 2.40. The normalized spacial score (nSPS) is 19.7. The fourth-order valence-electron chi connectivity index (χ4n) is 2.56. The molecule has 24 heavy (non-hydrogen) atoms. The maximum Gasteiger partial charge on any atom is 0.194 e. The molecule has 0 saturated carbocycles. The molecule has 0 spiro atoms. The van der Waals surface area contributed by atoms with Gasteiger partial charge in [-0.2, -0.15) is 0 Å².